The van der Waals surface area contributed by atoms with Gasteiger partial charge in [-0.25, -0.2) is 0 Å². The normalized spacial score (nSPS) is 13.2. The maximum absolute atomic E-state index is 10.4. The highest BCUT2D eigenvalue weighted by Crippen LogP contribution is 1.99. The van der Waals surface area contributed by atoms with Crippen LogP contribution in [-0.2, 0) is 4.79 Å². The molecule has 0 saturated heterocycles. The van der Waals surface area contributed by atoms with Crippen molar-refractivity contribution in [1.82, 2.24) is 0 Å². The van der Waals surface area contributed by atoms with Crippen LogP contribution in [0.5, 0.6) is 0 Å². The van der Waals surface area contributed by atoms with Gasteiger partial charge < -0.3 is 5.11 Å². The van der Waals surface area contributed by atoms with E-state index in [1.165, 1.54) is 6.92 Å². The summed E-state index contributed by atoms with van der Waals surface area (Å²) in [4.78, 5) is 10.4. The average Bonchev–Trinajstić information content (AvgIpc) is 1.82. The molecule has 0 aliphatic heterocycles. The second-order valence-electron chi connectivity index (χ2n) is 2.27. The summed E-state index contributed by atoms with van der Waals surface area (Å²) in [5.74, 6) is -0.122. The van der Waals surface area contributed by atoms with Crippen molar-refractivity contribution in [3.05, 3.63) is 0 Å². The summed E-state index contributed by atoms with van der Waals surface area (Å²) < 4.78 is 0. The average molecular weight is 130 g/mol. The minimum Gasteiger partial charge on any atom is -0.385 e. The molecule has 0 spiro atoms. The van der Waals surface area contributed by atoms with E-state index in [9.17, 15) is 4.79 Å². The van der Waals surface area contributed by atoms with Crippen molar-refractivity contribution in [3.8, 4) is 0 Å². The summed E-state index contributed by atoms with van der Waals surface area (Å²) in [6, 6.07) is 0. The third kappa shape index (κ3) is 4.15. The molecular formula is C7H14O2. The summed E-state index contributed by atoms with van der Waals surface area (Å²) in [7, 11) is 0. The lowest BCUT2D eigenvalue weighted by Crippen LogP contribution is -2.15. The number of rotatable bonds is 4. The first-order valence-electron chi connectivity index (χ1n) is 3.37. The molecule has 0 fully saturated rings. The predicted molar refractivity (Wildman–Crippen MR) is 36.2 cm³/mol. The second kappa shape index (κ2) is 4.50. The van der Waals surface area contributed by atoms with Crippen LogP contribution >= 0.6 is 0 Å². The number of carbonyl (C=O) groups excluding carboxylic acids is 1. The van der Waals surface area contributed by atoms with Crippen LogP contribution in [0.2, 0.25) is 0 Å². The molecule has 0 aliphatic rings. The number of hydrogen-bond donors (Lipinski definition) is 1. The van der Waals surface area contributed by atoms with Crippen molar-refractivity contribution in [2.45, 2.75) is 39.2 Å². The number of unbranched alkanes of at least 4 members (excludes halogenated alkanes) is 1. The van der Waals surface area contributed by atoms with E-state index in [1.807, 2.05) is 6.92 Å². The van der Waals surface area contributed by atoms with Crippen LogP contribution in [0.1, 0.15) is 33.1 Å². The van der Waals surface area contributed by atoms with Gasteiger partial charge in [0.05, 0.1) is 0 Å². The molecule has 0 aliphatic carbocycles. The largest absolute Gasteiger partial charge is 0.385 e. The molecule has 2 nitrogen and oxygen atoms in total. The molecule has 0 amide bonds. The molecule has 0 saturated carbocycles. The molecule has 1 N–H and O–H groups in total. The van der Waals surface area contributed by atoms with Crippen LogP contribution in [0.4, 0.5) is 0 Å². The zero-order valence-corrected chi connectivity index (χ0v) is 6.05. The van der Waals surface area contributed by atoms with Crippen molar-refractivity contribution in [1.29, 1.82) is 0 Å². The number of aliphatic hydroxyl groups excluding tert-OH is 1. The highest BCUT2D eigenvalue weighted by atomic mass is 16.3. The van der Waals surface area contributed by atoms with E-state index in [-0.39, 0.29) is 5.78 Å². The molecule has 0 aromatic carbocycles. The Labute approximate surface area is 55.9 Å². The van der Waals surface area contributed by atoms with Gasteiger partial charge in [-0.1, -0.05) is 19.8 Å². The summed E-state index contributed by atoms with van der Waals surface area (Å²) >= 11 is 0. The Morgan fingerprint density at radius 3 is 2.56 bits per heavy atom. The van der Waals surface area contributed by atoms with Crippen LogP contribution in [0.25, 0.3) is 0 Å². The van der Waals surface area contributed by atoms with Gasteiger partial charge in [0, 0.05) is 0 Å². The van der Waals surface area contributed by atoms with E-state index in [0.29, 0.717) is 6.42 Å². The molecule has 0 rings (SSSR count). The maximum atomic E-state index is 10.4. The first kappa shape index (κ1) is 8.63. The SMILES string of the molecule is CCCC[C@H](O)C(C)=O. The molecular weight excluding hydrogens is 116 g/mol. The van der Waals surface area contributed by atoms with Crippen LogP contribution in [0.3, 0.4) is 0 Å². The third-order valence-electron chi connectivity index (χ3n) is 1.30. The van der Waals surface area contributed by atoms with E-state index in [2.05, 4.69) is 0 Å². The number of Topliss-reactive ketones (excluding diaryl/α,β-unsaturated/α-hetero) is 1. The van der Waals surface area contributed by atoms with Gasteiger partial charge in [-0.3, -0.25) is 4.79 Å². The van der Waals surface area contributed by atoms with Crippen LogP contribution in [-0.4, -0.2) is 17.0 Å². The van der Waals surface area contributed by atoms with Gasteiger partial charge in [-0.05, 0) is 13.3 Å². The fraction of sp³-hybridized carbons (Fsp3) is 0.857. The van der Waals surface area contributed by atoms with Crippen molar-refractivity contribution >= 4 is 5.78 Å². The first-order chi connectivity index (χ1) is 4.18. The fourth-order valence-corrected chi connectivity index (χ4v) is 0.601. The second-order valence-corrected chi connectivity index (χ2v) is 2.27. The smallest absolute Gasteiger partial charge is 0.158 e. The lowest BCUT2D eigenvalue weighted by atomic mass is 10.1. The highest BCUT2D eigenvalue weighted by molar-refractivity contribution is 5.79. The topological polar surface area (TPSA) is 37.3 Å². The minimum absolute atomic E-state index is 0.122. The third-order valence-corrected chi connectivity index (χ3v) is 1.30. The lowest BCUT2D eigenvalue weighted by molar-refractivity contribution is -0.125. The molecule has 0 aromatic rings. The van der Waals surface area contributed by atoms with Gasteiger partial charge in [0.1, 0.15) is 6.10 Å². The van der Waals surface area contributed by atoms with Crippen LogP contribution in [0, 0.1) is 0 Å². The van der Waals surface area contributed by atoms with Crippen molar-refractivity contribution < 1.29 is 9.90 Å². The van der Waals surface area contributed by atoms with E-state index in [4.69, 9.17) is 5.11 Å². The van der Waals surface area contributed by atoms with E-state index in [0.717, 1.165) is 12.8 Å². The van der Waals surface area contributed by atoms with Gasteiger partial charge in [0.15, 0.2) is 5.78 Å². The predicted octanol–water partition coefficient (Wildman–Crippen LogP) is 1.13. The van der Waals surface area contributed by atoms with Gasteiger partial charge in [-0.15, -0.1) is 0 Å². The minimum atomic E-state index is -0.718. The van der Waals surface area contributed by atoms with Crippen LogP contribution < -0.4 is 0 Å². The zero-order chi connectivity index (χ0) is 7.28. The maximum Gasteiger partial charge on any atom is 0.158 e. The molecule has 54 valence electrons. The number of carbonyl (C=O) groups is 1. The summed E-state index contributed by atoms with van der Waals surface area (Å²) in [6.07, 6.45) is 1.86. The van der Waals surface area contributed by atoms with Crippen molar-refractivity contribution in [2.24, 2.45) is 0 Å². The standard InChI is InChI=1S/C7H14O2/c1-3-4-5-7(9)6(2)8/h7,9H,3-5H2,1-2H3/t7-/m0/s1. The Bertz CT molecular complexity index is 88.9. The fourth-order valence-electron chi connectivity index (χ4n) is 0.601. The van der Waals surface area contributed by atoms with E-state index in [1.54, 1.807) is 0 Å². The van der Waals surface area contributed by atoms with Gasteiger partial charge in [0.25, 0.3) is 0 Å². The molecule has 0 radical (unpaired) electrons. The first-order valence-corrected chi connectivity index (χ1v) is 3.37. The molecule has 1 atom stereocenters. The van der Waals surface area contributed by atoms with Crippen molar-refractivity contribution in [2.75, 3.05) is 0 Å². The number of hydrogen-bond acceptors (Lipinski definition) is 2. The highest BCUT2D eigenvalue weighted by Gasteiger charge is 2.06. The van der Waals surface area contributed by atoms with Gasteiger partial charge >= 0.3 is 0 Å². The monoisotopic (exact) mass is 130 g/mol. The quantitative estimate of drug-likeness (QED) is 0.619. The molecule has 0 aromatic heterocycles. The zero-order valence-electron chi connectivity index (χ0n) is 6.05. The summed E-state index contributed by atoms with van der Waals surface area (Å²) in [6.45, 7) is 3.45. The Morgan fingerprint density at radius 1 is 1.67 bits per heavy atom. The van der Waals surface area contributed by atoms with Crippen molar-refractivity contribution in [3.63, 3.8) is 0 Å². The molecule has 2 heteroatoms. The van der Waals surface area contributed by atoms with E-state index >= 15 is 0 Å². The van der Waals surface area contributed by atoms with Crippen LogP contribution in [0.15, 0.2) is 0 Å². The Hall–Kier alpha value is -0.370. The number of aliphatic hydroxyl groups is 1. The van der Waals surface area contributed by atoms with E-state index < -0.39 is 6.10 Å². The molecule has 9 heavy (non-hydrogen) atoms. The Morgan fingerprint density at radius 2 is 2.22 bits per heavy atom. The van der Waals surface area contributed by atoms with Gasteiger partial charge in [0.2, 0.25) is 0 Å². The summed E-state index contributed by atoms with van der Waals surface area (Å²) in [5.41, 5.74) is 0. The summed E-state index contributed by atoms with van der Waals surface area (Å²) in [5, 5.41) is 8.91. The lowest BCUT2D eigenvalue weighted by Gasteiger charge is -2.02. The Kier molecular flexibility index (Phi) is 4.32. The Balaban J connectivity index is 3.27. The molecule has 0 heterocycles. The molecule has 0 bridgehead atoms. The molecule has 0 unspecified atom stereocenters. The number of ketones is 1. The van der Waals surface area contributed by atoms with Gasteiger partial charge in [-0.2, -0.15) is 0 Å².